The number of amides is 1. The van der Waals surface area contributed by atoms with Gasteiger partial charge in [-0.1, -0.05) is 5.16 Å². The summed E-state index contributed by atoms with van der Waals surface area (Å²) in [6.07, 6.45) is -3.91. The number of rotatable bonds is 8. The Labute approximate surface area is 153 Å². The van der Waals surface area contributed by atoms with Crippen LogP contribution in [0.4, 0.5) is 13.2 Å². The molecule has 27 heavy (non-hydrogen) atoms. The van der Waals surface area contributed by atoms with E-state index < -0.39 is 18.7 Å². The van der Waals surface area contributed by atoms with Crippen LogP contribution in [0.5, 0.6) is 5.88 Å². The molecule has 0 aliphatic heterocycles. The second-order valence-electron chi connectivity index (χ2n) is 5.86. The minimum Gasteiger partial charge on any atom is -0.468 e. The van der Waals surface area contributed by atoms with E-state index in [1.54, 1.807) is 21.0 Å². The minimum atomic E-state index is -4.52. The van der Waals surface area contributed by atoms with Crippen LogP contribution in [0.2, 0.25) is 0 Å². The van der Waals surface area contributed by atoms with Crippen molar-refractivity contribution in [3.8, 4) is 17.1 Å². The molecule has 0 aliphatic carbocycles. The zero-order valence-corrected chi connectivity index (χ0v) is 15.4. The molecule has 0 saturated heterocycles. The molecule has 0 fully saturated rings. The average molecular weight is 390 g/mol. The van der Waals surface area contributed by atoms with Gasteiger partial charge >= 0.3 is 6.18 Å². The summed E-state index contributed by atoms with van der Waals surface area (Å²) in [6, 6.07) is 0. The van der Waals surface area contributed by atoms with Crippen molar-refractivity contribution in [2.75, 3.05) is 26.9 Å². The van der Waals surface area contributed by atoms with Gasteiger partial charge in [0.2, 0.25) is 5.88 Å². The van der Waals surface area contributed by atoms with Crippen molar-refractivity contribution in [1.82, 2.24) is 20.3 Å². The fourth-order valence-electron chi connectivity index (χ4n) is 2.54. The predicted molar refractivity (Wildman–Crippen MR) is 88.6 cm³/mol. The van der Waals surface area contributed by atoms with Crippen LogP contribution >= 0.6 is 0 Å². The van der Waals surface area contributed by atoms with Gasteiger partial charge in [-0.05, 0) is 20.3 Å². The van der Waals surface area contributed by atoms with Crippen molar-refractivity contribution in [3.05, 3.63) is 17.0 Å². The lowest BCUT2D eigenvalue weighted by Crippen LogP contribution is -2.26. The highest BCUT2D eigenvalue weighted by atomic mass is 19.4. The third-order valence-corrected chi connectivity index (χ3v) is 3.68. The van der Waals surface area contributed by atoms with Gasteiger partial charge in [-0.25, -0.2) is 4.68 Å². The lowest BCUT2D eigenvalue weighted by atomic mass is 10.1. The Morgan fingerprint density at radius 3 is 2.67 bits per heavy atom. The standard InChI is InChI=1S/C16H21F3N4O4/c1-9-11(15(23(3)21-9)26-8-16(17,18)19)13-12(10(2)27-22-13)14(24)20-6-5-7-25-4/h5-8H2,1-4H3,(H,20,24). The van der Waals surface area contributed by atoms with Gasteiger partial charge in [0.1, 0.15) is 17.0 Å². The molecule has 2 aromatic rings. The van der Waals surface area contributed by atoms with Gasteiger partial charge < -0.3 is 19.3 Å². The number of alkyl halides is 3. The summed E-state index contributed by atoms with van der Waals surface area (Å²) in [5, 5.41) is 10.6. The maximum Gasteiger partial charge on any atom is 0.422 e. The van der Waals surface area contributed by atoms with E-state index in [1.807, 2.05) is 0 Å². The van der Waals surface area contributed by atoms with Crippen molar-refractivity contribution >= 4 is 5.91 Å². The number of carbonyl (C=O) groups excluding carboxylic acids is 1. The summed E-state index contributed by atoms with van der Waals surface area (Å²) in [5.74, 6) is -0.365. The Morgan fingerprint density at radius 1 is 1.33 bits per heavy atom. The number of aromatic nitrogens is 3. The number of ether oxygens (including phenoxy) is 2. The molecule has 1 amide bonds. The predicted octanol–water partition coefficient (Wildman–Crippen LogP) is 2.40. The lowest BCUT2D eigenvalue weighted by molar-refractivity contribution is -0.154. The summed E-state index contributed by atoms with van der Waals surface area (Å²) in [7, 11) is 3.00. The summed E-state index contributed by atoms with van der Waals surface area (Å²) < 4.78 is 53.8. The van der Waals surface area contributed by atoms with Crippen molar-refractivity contribution in [1.29, 1.82) is 0 Å². The molecule has 0 saturated carbocycles. The molecule has 0 atom stereocenters. The molecule has 2 rings (SSSR count). The van der Waals surface area contributed by atoms with E-state index in [4.69, 9.17) is 14.0 Å². The smallest absolute Gasteiger partial charge is 0.422 e. The molecule has 0 spiro atoms. The van der Waals surface area contributed by atoms with Crippen molar-refractivity contribution < 1.29 is 32.0 Å². The molecular weight excluding hydrogens is 369 g/mol. The van der Waals surface area contributed by atoms with Crippen LogP contribution in [0.15, 0.2) is 4.52 Å². The highest BCUT2D eigenvalue weighted by molar-refractivity contribution is 6.01. The maximum absolute atomic E-state index is 12.6. The van der Waals surface area contributed by atoms with Crippen LogP contribution in [-0.4, -0.2) is 53.9 Å². The number of nitrogens with zero attached hydrogens (tertiary/aromatic N) is 3. The van der Waals surface area contributed by atoms with Crippen molar-refractivity contribution in [2.45, 2.75) is 26.4 Å². The molecule has 2 heterocycles. The van der Waals surface area contributed by atoms with Gasteiger partial charge in [-0.3, -0.25) is 4.79 Å². The number of aryl methyl sites for hydroxylation is 3. The number of methoxy groups -OCH3 is 1. The molecule has 0 bridgehead atoms. The number of carbonyl (C=O) groups is 1. The second kappa shape index (κ2) is 8.42. The quantitative estimate of drug-likeness (QED) is 0.696. The summed E-state index contributed by atoms with van der Waals surface area (Å²) in [6.45, 7) is 2.48. The monoisotopic (exact) mass is 390 g/mol. The second-order valence-corrected chi connectivity index (χ2v) is 5.86. The van der Waals surface area contributed by atoms with Crippen LogP contribution < -0.4 is 10.1 Å². The van der Waals surface area contributed by atoms with Crippen LogP contribution in [0, 0.1) is 13.8 Å². The van der Waals surface area contributed by atoms with Crippen LogP contribution in [-0.2, 0) is 11.8 Å². The average Bonchev–Trinajstić information content (AvgIpc) is 3.07. The van der Waals surface area contributed by atoms with E-state index in [9.17, 15) is 18.0 Å². The lowest BCUT2D eigenvalue weighted by Gasteiger charge is -2.11. The Hall–Kier alpha value is -2.56. The van der Waals surface area contributed by atoms with Gasteiger partial charge in [0.05, 0.1) is 11.3 Å². The highest BCUT2D eigenvalue weighted by Gasteiger charge is 2.32. The number of halogens is 3. The van der Waals surface area contributed by atoms with Gasteiger partial charge in [0, 0.05) is 27.3 Å². The van der Waals surface area contributed by atoms with Gasteiger partial charge in [0.15, 0.2) is 6.61 Å². The number of hydrogen-bond donors (Lipinski definition) is 1. The number of hydrogen-bond acceptors (Lipinski definition) is 6. The summed E-state index contributed by atoms with van der Waals surface area (Å²) >= 11 is 0. The van der Waals surface area contributed by atoms with Crippen LogP contribution in [0.25, 0.3) is 11.3 Å². The minimum absolute atomic E-state index is 0.0829. The first-order chi connectivity index (χ1) is 12.7. The zero-order valence-electron chi connectivity index (χ0n) is 15.4. The topological polar surface area (TPSA) is 91.4 Å². The third-order valence-electron chi connectivity index (χ3n) is 3.68. The fraction of sp³-hybridized carbons (Fsp3) is 0.562. The Kier molecular flexibility index (Phi) is 6.47. The largest absolute Gasteiger partial charge is 0.468 e. The SMILES string of the molecule is COCCCNC(=O)c1c(-c2c(C)nn(C)c2OCC(F)(F)F)noc1C. The number of nitrogens with one attached hydrogen (secondary N) is 1. The van der Waals surface area contributed by atoms with E-state index in [1.165, 1.54) is 11.7 Å². The Morgan fingerprint density at radius 2 is 2.04 bits per heavy atom. The fourth-order valence-corrected chi connectivity index (χ4v) is 2.54. The summed E-state index contributed by atoms with van der Waals surface area (Å²) in [4.78, 5) is 12.5. The molecule has 150 valence electrons. The first-order valence-electron chi connectivity index (χ1n) is 8.12. The third kappa shape index (κ3) is 5.00. The van der Waals surface area contributed by atoms with Gasteiger partial charge in [0.25, 0.3) is 5.91 Å². The molecule has 8 nitrogen and oxygen atoms in total. The maximum atomic E-state index is 12.6. The van der Waals surface area contributed by atoms with E-state index in [-0.39, 0.29) is 28.5 Å². The molecule has 0 unspecified atom stereocenters. The van der Waals surface area contributed by atoms with E-state index in [0.29, 0.717) is 25.3 Å². The molecular formula is C16H21F3N4O4. The molecule has 1 N–H and O–H groups in total. The van der Waals surface area contributed by atoms with Crippen LogP contribution in [0.1, 0.15) is 28.2 Å². The van der Waals surface area contributed by atoms with E-state index in [0.717, 1.165) is 0 Å². The summed E-state index contributed by atoms with van der Waals surface area (Å²) in [5.41, 5.74) is 0.747. The van der Waals surface area contributed by atoms with Gasteiger partial charge in [-0.2, -0.15) is 18.3 Å². The van der Waals surface area contributed by atoms with E-state index >= 15 is 0 Å². The van der Waals surface area contributed by atoms with Gasteiger partial charge in [-0.15, -0.1) is 0 Å². The molecule has 2 aromatic heterocycles. The Balaban J connectivity index is 2.35. The highest BCUT2D eigenvalue weighted by Crippen LogP contribution is 2.36. The molecule has 0 aliphatic rings. The Bertz CT molecular complexity index is 798. The van der Waals surface area contributed by atoms with Crippen molar-refractivity contribution in [3.63, 3.8) is 0 Å². The van der Waals surface area contributed by atoms with Crippen molar-refractivity contribution in [2.24, 2.45) is 7.05 Å². The van der Waals surface area contributed by atoms with Crippen LogP contribution in [0.3, 0.4) is 0 Å². The molecule has 0 radical (unpaired) electrons. The first kappa shape index (κ1) is 20.7. The molecule has 11 heteroatoms. The zero-order chi connectivity index (χ0) is 20.2. The first-order valence-corrected chi connectivity index (χ1v) is 8.12. The molecule has 0 aromatic carbocycles. The normalized spacial score (nSPS) is 11.7. The van der Waals surface area contributed by atoms with E-state index in [2.05, 4.69) is 15.6 Å².